The first-order valence-corrected chi connectivity index (χ1v) is 9.54. The predicted molar refractivity (Wildman–Crippen MR) is 111 cm³/mol. The van der Waals surface area contributed by atoms with E-state index >= 15 is 0 Å². The van der Waals surface area contributed by atoms with Crippen molar-refractivity contribution in [2.45, 2.75) is 51.2 Å². The Labute approximate surface area is 179 Å². The molecule has 0 aliphatic carbocycles. The molecule has 12 N–H and O–H groups in total. The molecule has 3 unspecified atom stereocenters. The number of amides is 4. The van der Waals surface area contributed by atoms with E-state index in [2.05, 4.69) is 20.9 Å². The molecule has 0 saturated heterocycles. The smallest absolute Gasteiger partial charge is 0.326 e. The molecule has 0 heterocycles. The van der Waals surface area contributed by atoms with Crippen molar-refractivity contribution in [1.29, 1.82) is 0 Å². The van der Waals surface area contributed by atoms with Crippen LogP contribution in [-0.4, -0.2) is 71.9 Å². The Morgan fingerprint density at radius 3 is 2.06 bits per heavy atom. The number of nitrogens with one attached hydrogen (secondary N) is 3. The topological polar surface area (TPSA) is 258 Å². The van der Waals surface area contributed by atoms with Gasteiger partial charge in [-0.15, -0.1) is 0 Å². The van der Waals surface area contributed by atoms with E-state index in [0.29, 0.717) is 0 Å². The summed E-state index contributed by atoms with van der Waals surface area (Å²) in [4.78, 5) is 62.7. The molecule has 0 aliphatic heterocycles. The molecule has 31 heavy (non-hydrogen) atoms. The van der Waals surface area contributed by atoms with E-state index in [1.807, 2.05) is 0 Å². The summed E-state index contributed by atoms with van der Waals surface area (Å²) in [6.45, 7) is 3.12. The average molecular weight is 444 g/mol. The molecule has 0 aromatic carbocycles. The van der Waals surface area contributed by atoms with E-state index in [9.17, 15) is 29.1 Å². The van der Waals surface area contributed by atoms with Crippen molar-refractivity contribution in [3.05, 3.63) is 0 Å². The van der Waals surface area contributed by atoms with Crippen molar-refractivity contribution in [2.24, 2.45) is 33.8 Å². The second-order valence-electron chi connectivity index (χ2n) is 7.13. The van der Waals surface area contributed by atoms with E-state index in [1.165, 1.54) is 0 Å². The van der Waals surface area contributed by atoms with Gasteiger partial charge in [0.05, 0.1) is 19.0 Å². The lowest BCUT2D eigenvalue weighted by Gasteiger charge is -2.21. The van der Waals surface area contributed by atoms with Gasteiger partial charge in [-0.25, -0.2) is 4.79 Å². The maximum atomic E-state index is 12.4. The maximum absolute atomic E-state index is 12.4. The molecule has 0 bridgehead atoms. The van der Waals surface area contributed by atoms with Crippen LogP contribution in [0.15, 0.2) is 4.99 Å². The number of nitrogens with two attached hydrogens (primary N) is 4. The molecular weight excluding hydrogens is 412 g/mol. The van der Waals surface area contributed by atoms with Gasteiger partial charge in [0, 0.05) is 6.54 Å². The van der Waals surface area contributed by atoms with Gasteiger partial charge in [-0.2, -0.15) is 0 Å². The van der Waals surface area contributed by atoms with E-state index < -0.39 is 60.7 Å². The summed E-state index contributed by atoms with van der Waals surface area (Å²) < 4.78 is 0. The largest absolute Gasteiger partial charge is 0.480 e. The van der Waals surface area contributed by atoms with Crippen molar-refractivity contribution >= 4 is 35.6 Å². The fourth-order valence-electron chi connectivity index (χ4n) is 2.28. The molecule has 14 nitrogen and oxygen atoms in total. The molecule has 0 radical (unpaired) electrons. The molecule has 14 heteroatoms. The number of guanidine groups is 1. The molecule has 0 aliphatic rings. The summed E-state index contributed by atoms with van der Waals surface area (Å²) in [6, 6.07) is -3.56. The summed E-state index contributed by atoms with van der Waals surface area (Å²) in [5, 5.41) is 16.1. The van der Waals surface area contributed by atoms with Crippen molar-refractivity contribution in [3.63, 3.8) is 0 Å². The Morgan fingerprint density at radius 2 is 1.58 bits per heavy atom. The number of carbonyl (C=O) groups excluding carboxylic acids is 4. The minimum atomic E-state index is -1.43. The third-order valence-corrected chi connectivity index (χ3v) is 4.06. The number of aliphatic carboxylic acids is 1. The Morgan fingerprint density at radius 1 is 0.968 bits per heavy atom. The summed E-state index contributed by atoms with van der Waals surface area (Å²) in [5.74, 6) is -4.80. The van der Waals surface area contributed by atoms with Crippen molar-refractivity contribution in [3.8, 4) is 0 Å². The van der Waals surface area contributed by atoms with Crippen LogP contribution in [0.2, 0.25) is 0 Å². The lowest BCUT2D eigenvalue weighted by molar-refractivity contribution is -0.142. The van der Waals surface area contributed by atoms with Gasteiger partial charge in [0.1, 0.15) is 12.1 Å². The number of carboxylic acid groups (broad SMARTS) is 1. The van der Waals surface area contributed by atoms with E-state index in [0.717, 1.165) is 0 Å². The Kier molecular flexibility index (Phi) is 12.2. The van der Waals surface area contributed by atoms with Gasteiger partial charge in [-0.1, -0.05) is 13.8 Å². The highest BCUT2D eigenvalue weighted by Gasteiger charge is 2.28. The Balaban J connectivity index is 4.95. The zero-order chi connectivity index (χ0) is 24.1. The van der Waals surface area contributed by atoms with Gasteiger partial charge in [0.2, 0.25) is 23.6 Å². The monoisotopic (exact) mass is 444 g/mol. The number of primary amides is 1. The highest BCUT2D eigenvalue weighted by molar-refractivity contribution is 5.94. The zero-order valence-electron chi connectivity index (χ0n) is 17.6. The lowest BCUT2D eigenvalue weighted by atomic mass is 10.1. The van der Waals surface area contributed by atoms with E-state index in [4.69, 9.17) is 22.9 Å². The molecule has 3 atom stereocenters. The van der Waals surface area contributed by atoms with Crippen LogP contribution in [0.25, 0.3) is 0 Å². The highest BCUT2D eigenvalue weighted by Crippen LogP contribution is 2.02. The number of carboxylic acids is 1. The zero-order valence-corrected chi connectivity index (χ0v) is 17.6. The summed E-state index contributed by atoms with van der Waals surface area (Å²) in [7, 11) is 0. The minimum absolute atomic E-state index is 0.00175. The summed E-state index contributed by atoms with van der Waals surface area (Å²) >= 11 is 0. The first-order valence-electron chi connectivity index (χ1n) is 9.54. The van der Waals surface area contributed by atoms with Crippen LogP contribution in [0.3, 0.4) is 0 Å². The van der Waals surface area contributed by atoms with Crippen molar-refractivity contribution in [1.82, 2.24) is 16.0 Å². The highest BCUT2D eigenvalue weighted by atomic mass is 16.4. The molecule has 0 rings (SSSR count). The number of carbonyl (C=O) groups is 5. The summed E-state index contributed by atoms with van der Waals surface area (Å²) in [6.07, 6.45) is -0.320. The fourth-order valence-corrected chi connectivity index (χ4v) is 2.28. The van der Waals surface area contributed by atoms with Gasteiger partial charge in [0.15, 0.2) is 5.96 Å². The molecular formula is C17H32N8O6. The molecule has 0 saturated carbocycles. The van der Waals surface area contributed by atoms with Gasteiger partial charge in [-0.05, 0) is 18.8 Å². The first kappa shape index (κ1) is 27.6. The van der Waals surface area contributed by atoms with Crippen LogP contribution in [0, 0.1) is 5.92 Å². The molecule has 0 aromatic heterocycles. The SMILES string of the molecule is CC(C)C(N)C(=O)NCC(=O)NC(CC(N)=O)C(=O)NC(CCCN=C(N)N)C(=O)O. The lowest BCUT2D eigenvalue weighted by Crippen LogP contribution is -2.55. The van der Waals surface area contributed by atoms with Crippen LogP contribution in [0.4, 0.5) is 0 Å². The normalized spacial score (nSPS) is 13.4. The van der Waals surface area contributed by atoms with Crippen LogP contribution >= 0.6 is 0 Å². The maximum Gasteiger partial charge on any atom is 0.326 e. The van der Waals surface area contributed by atoms with Gasteiger partial charge >= 0.3 is 5.97 Å². The Bertz CT molecular complexity index is 692. The number of rotatable bonds is 14. The first-order chi connectivity index (χ1) is 14.3. The standard InChI is InChI=1S/C17H32N8O6/c1-8(2)13(19)15(29)23-7-12(27)24-10(6-11(18)26)14(28)25-9(16(30)31)4-3-5-22-17(20)21/h8-10,13H,3-7,19H2,1-2H3,(H2,18,26)(H,23,29)(H,24,27)(H,25,28)(H,30,31)(H4,20,21,22). The van der Waals surface area contributed by atoms with Gasteiger partial charge in [0.25, 0.3) is 0 Å². The molecule has 176 valence electrons. The minimum Gasteiger partial charge on any atom is -0.480 e. The molecule has 4 amide bonds. The van der Waals surface area contributed by atoms with Crippen LogP contribution in [0.5, 0.6) is 0 Å². The van der Waals surface area contributed by atoms with Crippen LogP contribution in [0.1, 0.15) is 33.1 Å². The van der Waals surface area contributed by atoms with E-state index in [-0.39, 0.29) is 31.3 Å². The number of nitrogens with zero attached hydrogens (tertiary/aromatic N) is 1. The van der Waals surface area contributed by atoms with E-state index in [1.54, 1.807) is 13.8 Å². The van der Waals surface area contributed by atoms with Crippen molar-refractivity contribution < 1.29 is 29.1 Å². The second-order valence-corrected chi connectivity index (χ2v) is 7.13. The quantitative estimate of drug-likeness (QED) is 0.0737. The molecule has 0 fully saturated rings. The Hall–Kier alpha value is -3.42. The van der Waals surface area contributed by atoms with Gasteiger partial charge < -0.3 is 44.0 Å². The van der Waals surface area contributed by atoms with Gasteiger partial charge in [-0.3, -0.25) is 24.2 Å². The second kappa shape index (κ2) is 13.7. The molecule has 0 aromatic rings. The number of aliphatic imine (C=N–C) groups is 1. The third-order valence-electron chi connectivity index (χ3n) is 4.06. The number of hydrogen-bond acceptors (Lipinski definition) is 7. The van der Waals surface area contributed by atoms with Crippen LogP contribution < -0.4 is 38.9 Å². The summed E-state index contributed by atoms with van der Waals surface area (Å²) in [5.41, 5.74) is 21.1. The number of hydrogen-bond donors (Lipinski definition) is 8. The van der Waals surface area contributed by atoms with Crippen LogP contribution in [-0.2, 0) is 24.0 Å². The predicted octanol–water partition coefficient (Wildman–Crippen LogP) is -3.93. The van der Waals surface area contributed by atoms with Crippen molar-refractivity contribution in [2.75, 3.05) is 13.1 Å². The third kappa shape index (κ3) is 12.0. The fraction of sp³-hybridized carbons (Fsp3) is 0.647. The average Bonchev–Trinajstić information content (AvgIpc) is 2.66. The molecule has 0 spiro atoms.